The first-order valence-electron chi connectivity index (χ1n) is 5.35. The van der Waals surface area contributed by atoms with E-state index in [4.69, 9.17) is 23.2 Å². The Morgan fingerprint density at radius 2 is 1.86 bits per heavy atom. The molecular formula is C11H7BrCl2F3N3S. The fraction of sp³-hybridized carbons (Fsp3) is 0.182. The smallest absolute Gasteiger partial charge is 0.337 e. The number of H-pyrrole nitrogens is 1. The molecule has 0 saturated carbocycles. The molecule has 2 N–H and O–H groups in total. The van der Waals surface area contributed by atoms with E-state index in [1.807, 2.05) is 6.26 Å². The largest absolute Gasteiger partial charge is 0.416 e. The quantitative estimate of drug-likeness (QED) is 0.601. The minimum absolute atomic E-state index is 0.137. The van der Waals surface area contributed by atoms with Gasteiger partial charge in [0.15, 0.2) is 0 Å². The van der Waals surface area contributed by atoms with Crippen molar-refractivity contribution in [3.8, 4) is 0 Å². The van der Waals surface area contributed by atoms with Crippen LogP contribution in [0.2, 0.25) is 10.0 Å². The number of alkyl halides is 3. The maximum atomic E-state index is 12.7. The lowest BCUT2D eigenvalue weighted by Gasteiger charge is -2.13. The molecule has 114 valence electrons. The summed E-state index contributed by atoms with van der Waals surface area (Å²) in [6.45, 7) is 0. The lowest BCUT2D eigenvalue weighted by molar-refractivity contribution is -0.137. The molecule has 0 aliphatic carbocycles. The summed E-state index contributed by atoms with van der Waals surface area (Å²) in [6.07, 6.45) is -2.67. The van der Waals surface area contributed by atoms with Gasteiger partial charge >= 0.3 is 6.18 Å². The average Bonchev–Trinajstić information content (AvgIpc) is 2.73. The Hall–Kier alpha value is -0.570. The van der Waals surface area contributed by atoms with E-state index in [0.29, 0.717) is 15.3 Å². The monoisotopic (exact) mass is 419 g/mol. The Bertz CT molecular complexity index is 652. The molecule has 0 spiro atoms. The molecule has 0 saturated heterocycles. The molecule has 1 heterocycles. The van der Waals surface area contributed by atoms with Gasteiger partial charge in [-0.05, 0) is 34.3 Å². The standard InChI is InChI=1S/C11H7BrCl2F3N3S/c1-21-10-7(12)9(19-20-10)18-8-5(13)2-4(3-6(8)14)11(15,16)17/h2-3H,1H3,(H2,18,19,20). The second-order valence-electron chi connectivity index (χ2n) is 3.86. The number of rotatable bonds is 3. The second-order valence-corrected chi connectivity index (χ2v) is 6.26. The summed E-state index contributed by atoms with van der Waals surface area (Å²) in [5, 5.41) is 9.96. The summed E-state index contributed by atoms with van der Waals surface area (Å²) in [6, 6.07) is 1.63. The molecule has 0 aliphatic rings. The summed E-state index contributed by atoms with van der Waals surface area (Å²) >= 11 is 16.5. The third-order valence-corrected chi connectivity index (χ3v) is 4.80. The predicted octanol–water partition coefficient (Wildman–Crippen LogP) is 5.96. The van der Waals surface area contributed by atoms with Gasteiger partial charge in [-0.2, -0.15) is 18.3 Å². The third-order valence-electron chi connectivity index (χ3n) is 2.49. The zero-order chi connectivity index (χ0) is 15.8. The first kappa shape index (κ1) is 16.8. The van der Waals surface area contributed by atoms with Crippen molar-refractivity contribution in [1.82, 2.24) is 10.2 Å². The topological polar surface area (TPSA) is 40.7 Å². The summed E-state index contributed by atoms with van der Waals surface area (Å²) in [5.41, 5.74) is -0.736. The van der Waals surface area contributed by atoms with Gasteiger partial charge in [0.2, 0.25) is 0 Å². The van der Waals surface area contributed by atoms with Crippen LogP contribution in [-0.2, 0) is 6.18 Å². The first-order valence-corrected chi connectivity index (χ1v) is 8.12. The number of aromatic nitrogens is 2. The summed E-state index contributed by atoms with van der Waals surface area (Å²) in [5.74, 6) is 0.447. The zero-order valence-electron chi connectivity index (χ0n) is 10.3. The van der Waals surface area contributed by atoms with E-state index in [1.54, 1.807) is 0 Å². The summed E-state index contributed by atoms with van der Waals surface area (Å²) in [4.78, 5) is 0. The molecule has 0 amide bonds. The van der Waals surface area contributed by atoms with Crippen LogP contribution in [0.4, 0.5) is 24.7 Å². The minimum Gasteiger partial charge on any atom is -0.337 e. The molecule has 0 aliphatic heterocycles. The molecule has 10 heteroatoms. The van der Waals surface area contributed by atoms with Crippen LogP contribution in [-0.4, -0.2) is 16.5 Å². The number of benzene rings is 1. The van der Waals surface area contributed by atoms with Crippen molar-refractivity contribution in [2.75, 3.05) is 11.6 Å². The number of halogens is 6. The van der Waals surface area contributed by atoms with E-state index in [-0.39, 0.29) is 15.7 Å². The molecule has 0 radical (unpaired) electrons. The summed E-state index contributed by atoms with van der Waals surface area (Å²) in [7, 11) is 0. The fourth-order valence-electron chi connectivity index (χ4n) is 1.51. The molecule has 0 bridgehead atoms. The highest BCUT2D eigenvalue weighted by Crippen LogP contribution is 2.41. The van der Waals surface area contributed by atoms with Crippen molar-refractivity contribution >= 4 is 62.4 Å². The highest BCUT2D eigenvalue weighted by atomic mass is 79.9. The fourth-order valence-corrected chi connectivity index (χ4v) is 3.27. The van der Waals surface area contributed by atoms with Gasteiger partial charge in [0.05, 0.1) is 25.8 Å². The highest BCUT2D eigenvalue weighted by Gasteiger charge is 2.32. The lowest BCUT2D eigenvalue weighted by Crippen LogP contribution is -2.05. The van der Waals surface area contributed by atoms with Gasteiger partial charge in [0.25, 0.3) is 0 Å². The molecule has 2 rings (SSSR count). The number of hydrogen-bond acceptors (Lipinski definition) is 3. The van der Waals surface area contributed by atoms with E-state index in [1.165, 1.54) is 11.8 Å². The van der Waals surface area contributed by atoms with Gasteiger partial charge in [0, 0.05) is 0 Å². The Labute approximate surface area is 140 Å². The van der Waals surface area contributed by atoms with E-state index < -0.39 is 11.7 Å². The number of thioether (sulfide) groups is 1. The second kappa shape index (κ2) is 6.28. The maximum Gasteiger partial charge on any atom is 0.416 e. The van der Waals surface area contributed by atoms with E-state index >= 15 is 0 Å². The number of nitrogens with zero attached hydrogens (tertiary/aromatic N) is 1. The Morgan fingerprint density at radius 3 is 2.29 bits per heavy atom. The highest BCUT2D eigenvalue weighted by molar-refractivity contribution is 9.10. The Balaban J connectivity index is 2.39. The first-order chi connectivity index (χ1) is 9.74. The van der Waals surface area contributed by atoms with E-state index in [9.17, 15) is 13.2 Å². The molecule has 0 fully saturated rings. The molecule has 1 aromatic heterocycles. The molecule has 1 aromatic carbocycles. The normalized spacial score (nSPS) is 11.8. The van der Waals surface area contributed by atoms with Crippen molar-refractivity contribution in [2.45, 2.75) is 11.2 Å². The van der Waals surface area contributed by atoms with Crippen LogP contribution in [0, 0.1) is 0 Å². The van der Waals surface area contributed by atoms with Crippen LogP contribution >= 0.6 is 50.9 Å². The number of nitrogens with one attached hydrogen (secondary N) is 2. The molecule has 2 aromatic rings. The van der Waals surface area contributed by atoms with E-state index in [0.717, 1.165) is 12.1 Å². The number of anilines is 2. The SMILES string of the molecule is CSc1n[nH]c(Nc2c(Cl)cc(C(F)(F)F)cc2Cl)c1Br. The van der Waals surface area contributed by atoms with Crippen LogP contribution < -0.4 is 5.32 Å². The maximum absolute atomic E-state index is 12.7. The number of aromatic amines is 1. The Kier molecular flexibility index (Phi) is 5.02. The minimum atomic E-state index is -4.51. The van der Waals surface area contributed by atoms with Crippen LogP contribution in [0.3, 0.4) is 0 Å². The third kappa shape index (κ3) is 3.61. The predicted molar refractivity (Wildman–Crippen MR) is 82.8 cm³/mol. The number of hydrogen-bond donors (Lipinski definition) is 2. The van der Waals surface area contributed by atoms with Crippen LogP contribution in [0.1, 0.15) is 5.56 Å². The van der Waals surface area contributed by atoms with E-state index in [2.05, 4.69) is 31.4 Å². The summed E-state index contributed by atoms with van der Waals surface area (Å²) < 4.78 is 38.6. The van der Waals surface area contributed by atoms with Crippen molar-refractivity contribution in [3.05, 3.63) is 32.2 Å². The van der Waals surface area contributed by atoms with Gasteiger partial charge in [-0.15, -0.1) is 11.8 Å². The van der Waals surface area contributed by atoms with Gasteiger partial charge in [0.1, 0.15) is 10.8 Å². The van der Waals surface area contributed by atoms with Crippen LogP contribution in [0.5, 0.6) is 0 Å². The van der Waals surface area contributed by atoms with Gasteiger partial charge in [-0.25, -0.2) is 0 Å². The zero-order valence-corrected chi connectivity index (χ0v) is 14.2. The average molecular weight is 421 g/mol. The van der Waals surface area contributed by atoms with Gasteiger partial charge in [-0.3, -0.25) is 5.10 Å². The van der Waals surface area contributed by atoms with Crippen molar-refractivity contribution < 1.29 is 13.2 Å². The van der Waals surface area contributed by atoms with Gasteiger partial charge in [-0.1, -0.05) is 23.2 Å². The molecule has 3 nitrogen and oxygen atoms in total. The van der Waals surface area contributed by atoms with Crippen molar-refractivity contribution in [2.24, 2.45) is 0 Å². The van der Waals surface area contributed by atoms with Crippen molar-refractivity contribution in [3.63, 3.8) is 0 Å². The molecule has 21 heavy (non-hydrogen) atoms. The molecule has 0 atom stereocenters. The van der Waals surface area contributed by atoms with Crippen LogP contribution in [0.15, 0.2) is 21.6 Å². The van der Waals surface area contributed by atoms with Crippen LogP contribution in [0.25, 0.3) is 0 Å². The molecule has 0 unspecified atom stereocenters. The Morgan fingerprint density at radius 1 is 1.29 bits per heavy atom. The van der Waals surface area contributed by atoms with Crippen molar-refractivity contribution in [1.29, 1.82) is 0 Å². The lowest BCUT2D eigenvalue weighted by atomic mass is 10.2. The molecular weight excluding hydrogens is 414 g/mol. The van der Waals surface area contributed by atoms with Gasteiger partial charge < -0.3 is 5.32 Å².